The van der Waals surface area contributed by atoms with Crippen molar-refractivity contribution in [3.8, 4) is 5.75 Å². The summed E-state index contributed by atoms with van der Waals surface area (Å²) in [5.74, 6) is -0.572. The van der Waals surface area contributed by atoms with Crippen LogP contribution >= 0.6 is 11.3 Å². The van der Waals surface area contributed by atoms with E-state index in [1.165, 1.54) is 23.5 Å². The molecule has 0 saturated heterocycles. The highest BCUT2D eigenvalue weighted by molar-refractivity contribution is 7.09. The van der Waals surface area contributed by atoms with Crippen LogP contribution in [0.2, 0.25) is 0 Å². The Balaban J connectivity index is 1.83. The first kappa shape index (κ1) is 17.4. The Kier molecular flexibility index (Phi) is 6.49. The molecule has 1 unspecified atom stereocenters. The SMILES string of the molecule is CCCC(NCc1csc(COc2ccc(F)cc2)n1)C(=O)O. The molecular weight excluding hydrogens is 319 g/mol. The Morgan fingerprint density at radius 3 is 2.83 bits per heavy atom. The lowest BCUT2D eigenvalue weighted by molar-refractivity contribution is -0.139. The molecule has 1 atom stereocenters. The zero-order valence-electron chi connectivity index (χ0n) is 12.8. The monoisotopic (exact) mass is 338 g/mol. The average Bonchev–Trinajstić information content (AvgIpc) is 2.98. The maximum absolute atomic E-state index is 12.8. The number of aromatic nitrogens is 1. The summed E-state index contributed by atoms with van der Waals surface area (Å²) in [5, 5.41) is 14.7. The first-order valence-corrected chi connectivity index (χ1v) is 8.24. The van der Waals surface area contributed by atoms with Crippen LogP contribution in [0.1, 0.15) is 30.5 Å². The van der Waals surface area contributed by atoms with Gasteiger partial charge in [-0.2, -0.15) is 0 Å². The lowest BCUT2D eigenvalue weighted by Gasteiger charge is -2.11. The van der Waals surface area contributed by atoms with Crippen molar-refractivity contribution in [2.24, 2.45) is 0 Å². The zero-order valence-corrected chi connectivity index (χ0v) is 13.6. The normalized spacial score (nSPS) is 12.1. The molecule has 1 aromatic heterocycles. The molecule has 5 nitrogen and oxygen atoms in total. The number of hydrogen-bond donors (Lipinski definition) is 2. The quantitative estimate of drug-likeness (QED) is 0.735. The Bertz CT molecular complexity index is 631. The number of halogens is 1. The van der Waals surface area contributed by atoms with Gasteiger partial charge < -0.3 is 9.84 Å². The van der Waals surface area contributed by atoms with Gasteiger partial charge in [0.15, 0.2) is 0 Å². The number of hydrogen-bond acceptors (Lipinski definition) is 5. The molecule has 0 bridgehead atoms. The number of ether oxygens (including phenoxy) is 1. The van der Waals surface area contributed by atoms with Crippen molar-refractivity contribution in [2.75, 3.05) is 0 Å². The second kappa shape index (κ2) is 8.59. The van der Waals surface area contributed by atoms with Gasteiger partial charge in [0, 0.05) is 11.9 Å². The highest BCUT2D eigenvalue weighted by Gasteiger charge is 2.15. The molecule has 0 radical (unpaired) electrons. The number of benzene rings is 1. The van der Waals surface area contributed by atoms with Gasteiger partial charge in [-0.1, -0.05) is 13.3 Å². The van der Waals surface area contributed by atoms with Crippen LogP contribution in [-0.2, 0) is 17.9 Å². The van der Waals surface area contributed by atoms with Crippen molar-refractivity contribution < 1.29 is 19.0 Å². The largest absolute Gasteiger partial charge is 0.486 e. The molecule has 0 aliphatic heterocycles. The van der Waals surface area contributed by atoms with E-state index in [-0.39, 0.29) is 5.82 Å². The van der Waals surface area contributed by atoms with Crippen molar-refractivity contribution in [2.45, 2.75) is 39.0 Å². The van der Waals surface area contributed by atoms with E-state index in [1.807, 2.05) is 12.3 Å². The van der Waals surface area contributed by atoms with E-state index in [0.29, 0.717) is 25.3 Å². The number of thiazole rings is 1. The molecule has 0 saturated carbocycles. The summed E-state index contributed by atoms with van der Waals surface area (Å²) < 4.78 is 18.3. The predicted octanol–water partition coefficient (Wildman–Crippen LogP) is 3.20. The molecule has 0 spiro atoms. The highest BCUT2D eigenvalue weighted by Crippen LogP contribution is 2.16. The van der Waals surface area contributed by atoms with E-state index < -0.39 is 12.0 Å². The van der Waals surface area contributed by atoms with Crippen LogP contribution in [0, 0.1) is 5.82 Å². The summed E-state index contributed by atoms with van der Waals surface area (Å²) in [6, 6.07) is 5.25. The maximum Gasteiger partial charge on any atom is 0.320 e. The van der Waals surface area contributed by atoms with E-state index in [1.54, 1.807) is 12.1 Å². The van der Waals surface area contributed by atoms with E-state index in [2.05, 4.69) is 10.3 Å². The van der Waals surface area contributed by atoms with Crippen LogP contribution in [-0.4, -0.2) is 22.1 Å². The van der Waals surface area contributed by atoms with E-state index >= 15 is 0 Å². The van der Waals surface area contributed by atoms with Crippen LogP contribution in [0.5, 0.6) is 5.75 Å². The first-order valence-electron chi connectivity index (χ1n) is 7.36. The molecule has 0 aliphatic rings. The first-order chi connectivity index (χ1) is 11.1. The van der Waals surface area contributed by atoms with Crippen molar-refractivity contribution in [1.29, 1.82) is 0 Å². The van der Waals surface area contributed by atoms with Crippen molar-refractivity contribution in [3.05, 3.63) is 46.2 Å². The number of nitrogens with zero attached hydrogens (tertiary/aromatic N) is 1. The molecule has 1 heterocycles. The molecule has 2 aromatic rings. The molecule has 7 heteroatoms. The Morgan fingerprint density at radius 2 is 2.17 bits per heavy atom. The lowest BCUT2D eigenvalue weighted by Crippen LogP contribution is -2.36. The van der Waals surface area contributed by atoms with Crippen molar-refractivity contribution in [3.63, 3.8) is 0 Å². The Morgan fingerprint density at radius 1 is 1.43 bits per heavy atom. The fraction of sp³-hybridized carbons (Fsp3) is 0.375. The van der Waals surface area contributed by atoms with Crippen LogP contribution in [0.25, 0.3) is 0 Å². The molecule has 0 fully saturated rings. The minimum absolute atomic E-state index is 0.299. The second-order valence-electron chi connectivity index (χ2n) is 5.04. The lowest BCUT2D eigenvalue weighted by atomic mass is 10.1. The van der Waals surface area contributed by atoms with Crippen LogP contribution in [0.4, 0.5) is 4.39 Å². The topological polar surface area (TPSA) is 71.5 Å². The number of carboxylic acids is 1. The molecular formula is C16H19FN2O3S. The van der Waals surface area contributed by atoms with Gasteiger partial charge in [-0.25, -0.2) is 9.37 Å². The number of nitrogens with one attached hydrogen (secondary N) is 1. The van der Waals surface area contributed by atoms with Crippen molar-refractivity contribution in [1.82, 2.24) is 10.3 Å². The molecule has 2 N–H and O–H groups in total. The number of carboxylic acid groups (broad SMARTS) is 1. The van der Waals surface area contributed by atoms with E-state index in [9.17, 15) is 9.18 Å². The van der Waals surface area contributed by atoms with Gasteiger partial charge in [-0.05, 0) is 30.7 Å². The number of rotatable bonds is 9. The molecule has 1 aromatic carbocycles. The van der Waals surface area contributed by atoms with Gasteiger partial charge in [0.1, 0.15) is 29.2 Å². The van der Waals surface area contributed by atoms with Gasteiger partial charge in [0.05, 0.1) is 5.69 Å². The zero-order chi connectivity index (χ0) is 16.7. The van der Waals surface area contributed by atoms with Gasteiger partial charge in [-0.15, -0.1) is 11.3 Å². The summed E-state index contributed by atoms with van der Waals surface area (Å²) in [4.78, 5) is 15.5. The highest BCUT2D eigenvalue weighted by atomic mass is 32.1. The fourth-order valence-electron chi connectivity index (χ4n) is 2.00. The van der Waals surface area contributed by atoms with Gasteiger partial charge in [-0.3, -0.25) is 10.1 Å². The average molecular weight is 338 g/mol. The third-order valence-corrected chi connectivity index (χ3v) is 4.05. The molecule has 2 rings (SSSR count). The molecule has 23 heavy (non-hydrogen) atoms. The summed E-state index contributed by atoms with van der Waals surface area (Å²) >= 11 is 1.45. The van der Waals surface area contributed by atoms with Crippen molar-refractivity contribution >= 4 is 17.3 Å². The standard InChI is InChI=1S/C16H19FN2O3S/c1-2-3-14(16(20)21)18-8-12-10-23-15(19-12)9-22-13-6-4-11(17)5-7-13/h4-7,10,14,18H,2-3,8-9H2,1H3,(H,20,21). The van der Waals surface area contributed by atoms with E-state index in [4.69, 9.17) is 9.84 Å². The summed E-state index contributed by atoms with van der Waals surface area (Å²) in [6.07, 6.45) is 1.39. The summed E-state index contributed by atoms with van der Waals surface area (Å²) in [7, 11) is 0. The van der Waals surface area contributed by atoms with Gasteiger partial charge >= 0.3 is 5.97 Å². The third-order valence-electron chi connectivity index (χ3n) is 3.18. The minimum atomic E-state index is -0.845. The Labute approximate surface area is 138 Å². The van der Waals surface area contributed by atoms with Crippen LogP contribution in [0.15, 0.2) is 29.6 Å². The summed E-state index contributed by atoms with van der Waals surface area (Å²) in [5.41, 5.74) is 0.787. The van der Waals surface area contributed by atoms with Gasteiger partial charge in [0.2, 0.25) is 0 Å². The Hall–Kier alpha value is -1.99. The molecule has 0 aliphatic carbocycles. The summed E-state index contributed by atoms with van der Waals surface area (Å²) in [6.45, 7) is 2.66. The molecule has 0 amide bonds. The van der Waals surface area contributed by atoms with Crippen LogP contribution < -0.4 is 10.1 Å². The number of aliphatic carboxylic acids is 1. The van der Waals surface area contributed by atoms with E-state index in [0.717, 1.165) is 17.1 Å². The molecule has 124 valence electrons. The fourth-order valence-corrected chi connectivity index (χ4v) is 2.71. The van der Waals surface area contributed by atoms with Crippen LogP contribution in [0.3, 0.4) is 0 Å². The maximum atomic E-state index is 12.8. The predicted molar refractivity (Wildman–Crippen MR) is 86.0 cm³/mol. The third kappa shape index (κ3) is 5.61. The minimum Gasteiger partial charge on any atom is -0.486 e. The second-order valence-corrected chi connectivity index (χ2v) is 5.98. The number of carbonyl (C=O) groups is 1. The van der Waals surface area contributed by atoms with Gasteiger partial charge in [0.25, 0.3) is 0 Å². The smallest absolute Gasteiger partial charge is 0.320 e.